The molecular formula is C20H26N2O2. The van der Waals surface area contributed by atoms with Crippen molar-refractivity contribution in [3.05, 3.63) is 59.2 Å². The molecule has 128 valence electrons. The molecule has 0 saturated carbocycles. The minimum absolute atomic E-state index is 0.0469. The second kappa shape index (κ2) is 7.86. The van der Waals surface area contributed by atoms with E-state index in [0.29, 0.717) is 0 Å². The molecule has 0 aliphatic rings. The Morgan fingerprint density at radius 2 is 1.75 bits per heavy atom. The summed E-state index contributed by atoms with van der Waals surface area (Å²) in [6, 6.07) is 13.9. The number of para-hydroxylation sites is 2. The van der Waals surface area contributed by atoms with Crippen molar-refractivity contribution in [1.29, 1.82) is 0 Å². The van der Waals surface area contributed by atoms with Crippen molar-refractivity contribution < 1.29 is 9.53 Å². The fourth-order valence-electron chi connectivity index (χ4n) is 2.73. The number of carbonyl (C=O) groups excluding carboxylic acids is 1. The zero-order valence-electron chi connectivity index (χ0n) is 15.1. The predicted octanol–water partition coefficient (Wildman–Crippen LogP) is 4.41. The van der Waals surface area contributed by atoms with Gasteiger partial charge in [0.05, 0.1) is 7.11 Å². The van der Waals surface area contributed by atoms with Gasteiger partial charge in [-0.25, -0.2) is 4.79 Å². The molecule has 2 rings (SSSR count). The van der Waals surface area contributed by atoms with Crippen LogP contribution in [0.15, 0.2) is 42.5 Å². The molecule has 1 atom stereocenters. The van der Waals surface area contributed by atoms with Crippen molar-refractivity contribution in [2.45, 2.75) is 33.2 Å². The number of aryl methyl sites for hydroxylation is 2. The summed E-state index contributed by atoms with van der Waals surface area (Å²) in [6.07, 6.45) is 0.737. The number of carbonyl (C=O) groups is 1. The molecule has 2 amide bonds. The highest BCUT2D eigenvalue weighted by atomic mass is 16.5. The van der Waals surface area contributed by atoms with E-state index >= 15 is 0 Å². The van der Waals surface area contributed by atoms with Gasteiger partial charge in [0.15, 0.2) is 0 Å². The normalized spacial score (nSPS) is 11.7. The quantitative estimate of drug-likeness (QED) is 0.884. The number of ether oxygens (including phenoxy) is 1. The molecule has 0 bridgehead atoms. The summed E-state index contributed by atoms with van der Waals surface area (Å²) in [4.78, 5) is 14.3. The third-order valence-electron chi connectivity index (χ3n) is 4.40. The third-order valence-corrected chi connectivity index (χ3v) is 4.40. The molecule has 0 aliphatic heterocycles. The van der Waals surface area contributed by atoms with Gasteiger partial charge < -0.3 is 15.0 Å². The standard InChI is InChI=1S/C20H26N2O2/c1-14-9-8-10-15(2)19(14)21-20(23)22(4)16(3)13-17-11-6-7-12-18(17)24-5/h6-12,16H,13H2,1-5H3,(H,21,23)/t16-/m1/s1. The molecule has 0 aromatic heterocycles. The Labute approximate surface area is 144 Å². The first kappa shape index (κ1) is 17.9. The van der Waals surface area contributed by atoms with E-state index < -0.39 is 0 Å². The minimum Gasteiger partial charge on any atom is -0.496 e. The van der Waals surface area contributed by atoms with E-state index in [9.17, 15) is 4.79 Å². The first-order valence-electron chi connectivity index (χ1n) is 8.16. The van der Waals surface area contributed by atoms with E-state index in [1.165, 1.54) is 0 Å². The summed E-state index contributed by atoms with van der Waals surface area (Å²) in [5.74, 6) is 0.855. The van der Waals surface area contributed by atoms with Crippen LogP contribution in [0.2, 0.25) is 0 Å². The Hall–Kier alpha value is -2.49. The molecule has 0 spiro atoms. The summed E-state index contributed by atoms with van der Waals surface area (Å²) >= 11 is 0. The van der Waals surface area contributed by atoms with Crippen LogP contribution in [-0.2, 0) is 6.42 Å². The molecule has 2 aromatic rings. The van der Waals surface area contributed by atoms with E-state index in [1.807, 2.05) is 70.3 Å². The number of methoxy groups -OCH3 is 1. The lowest BCUT2D eigenvalue weighted by atomic mass is 10.1. The van der Waals surface area contributed by atoms with Crippen LogP contribution in [0.3, 0.4) is 0 Å². The first-order valence-corrected chi connectivity index (χ1v) is 8.16. The lowest BCUT2D eigenvalue weighted by Gasteiger charge is -2.26. The Balaban J connectivity index is 2.07. The number of nitrogens with one attached hydrogen (secondary N) is 1. The van der Waals surface area contributed by atoms with E-state index in [2.05, 4.69) is 5.32 Å². The lowest BCUT2D eigenvalue weighted by molar-refractivity contribution is 0.207. The highest BCUT2D eigenvalue weighted by Crippen LogP contribution is 2.22. The Kier molecular flexibility index (Phi) is 5.85. The van der Waals surface area contributed by atoms with Crippen LogP contribution in [-0.4, -0.2) is 31.1 Å². The molecular weight excluding hydrogens is 300 g/mol. The summed E-state index contributed by atoms with van der Waals surface area (Å²) in [7, 11) is 3.49. The highest BCUT2D eigenvalue weighted by Gasteiger charge is 2.18. The van der Waals surface area contributed by atoms with Gasteiger partial charge in [0.1, 0.15) is 5.75 Å². The number of urea groups is 1. The molecule has 2 aromatic carbocycles. The topological polar surface area (TPSA) is 41.6 Å². The second-order valence-corrected chi connectivity index (χ2v) is 6.17. The monoisotopic (exact) mass is 326 g/mol. The van der Waals surface area contributed by atoms with Gasteiger partial charge in [0.2, 0.25) is 0 Å². The maximum Gasteiger partial charge on any atom is 0.321 e. The predicted molar refractivity (Wildman–Crippen MR) is 98.9 cm³/mol. The van der Waals surface area contributed by atoms with Crippen LogP contribution in [0.4, 0.5) is 10.5 Å². The van der Waals surface area contributed by atoms with Crippen molar-refractivity contribution in [1.82, 2.24) is 4.90 Å². The van der Waals surface area contributed by atoms with Crippen molar-refractivity contribution in [2.75, 3.05) is 19.5 Å². The molecule has 0 heterocycles. The molecule has 0 radical (unpaired) electrons. The molecule has 4 heteroatoms. The molecule has 0 unspecified atom stereocenters. The lowest BCUT2D eigenvalue weighted by Crippen LogP contribution is -2.39. The van der Waals surface area contributed by atoms with Crippen LogP contribution in [0.1, 0.15) is 23.6 Å². The SMILES string of the molecule is COc1ccccc1C[C@@H](C)N(C)C(=O)Nc1c(C)cccc1C. The van der Waals surface area contributed by atoms with E-state index in [-0.39, 0.29) is 12.1 Å². The number of anilines is 1. The number of benzene rings is 2. The highest BCUT2D eigenvalue weighted by molar-refractivity contribution is 5.91. The Morgan fingerprint density at radius 3 is 2.38 bits per heavy atom. The summed E-state index contributed by atoms with van der Waals surface area (Å²) in [6.45, 7) is 6.04. The number of hydrogen-bond acceptors (Lipinski definition) is 2. The van der Waals surface area contributed by atoms with Gasteiger partial charge in [0, 0.05) is 18.8 Å². The zero-order chi connectivity index (χ0) is 17.7. The van der Waals surface area contributed by atoms with Gasteiger partial charge in [0.25, 0.3) is 0 Å². The summed E-state index contributed by atoms with van der Waals surface area (Å²) < 4.78 is 5.39. The fraction of sp³-hybridized carbons (Fsp3) is 0.350. The maximum atomic E-state index is 12.6. The number of hydrogen-bond donors (Lipinski definition) is 1. The van der Waals surface area contributed by atoms with Gasteiger partial charge in [-0.3, -0.25) is 0 Å². The number of nitrogens with zero attached hydrogens (tertiary/aromatic N) is 1. The van der Waals surface area contributed by atoms with Crippen molar-refractivity contribution in [3.8, 4) is 5.75 Å². The van der Waals surface area contributed by atoms with Crippen molar-refractivity contribution >= 4 is 11.7 Å². The molecule has 24 heavy (non-hydrogen) atoms. The molecule has 4 nitrogen and oxygen atoms in total. The average Bonchev–Trinajstić information content (AvgIpc) is 2.57. The van der Waals surface area contributed by atoms with Gasteiger partial charge in [-0.1, -0.05) is 36.4 Å². The van der Waals surface area contributed by atoms with Crippen LogP contribution in [0, 0.1) is 13.8 Å². The smallest absolute Gasteiger partial charge is 0.321 e. The van der Waals surface area contributed by atoms with Gasteiger partial charge in [-0.15, -0.1) is 0 Å². The maximum absolute atomic E-state index is 12.6. The van der Waals surface area contributed by atoms with E-state index in [1.54, 1.807) is 12.0 Å². The van der Waals surface area contributed by atoms with Crippen LogP contribution in [0.5, 0.6) is 5.75 Å². The average molecular weight is 326 g/mol. The minimum atomic E-state index is -0.102. The second-order valence-electron chi connectivity index (χ2n) is 6.17. The number of rotatable bonds is 5. The van der Waals surface area contributed by atoms with Crippen LogP contribution < -0.4 is 10.1 Å². The van der Waals surface area contributed by atoms with E-state index in [4.69, 9.17) is 4.74 Å². The van der Waals surface area contributed by atoms with Gasteiger partial charge in [-0.05, 0) is 49.9 Å². The largest absolute Gasteiger partial charge is 0.496 e. The van der Waals surface area contributed by atoms with E-state index in [0.717, 1.165) is 34.5 Å². The fourth-order valence-corrected chi connectivity index (χ4v) is 2.73. The summed E-state index contributed by atoms with van der Waals surface area (Å²) in [5.41, 5.74) is 4.11. The number of amides is 2. The Morgan fingerprint density at radius 1 is 1.12 bits per heavy atom. The van der Waals surface area contributed by atoms with Crippen molar-refractivity contribution in [3.63, 3.8) is 0 Å². The Bertz CT molecular complexity index is 692. The first-order chi connectivity index (χ1) is 11.4. The third kappa shape index (κ3) is 4.07. The van der Waals surface area contributed by atoms with Crippen LogP contribution >= 0.6 is 0 Å². The van der Waals surface area contributed by atoms with Gasteiger partial charge >= 0.3 is 6.03 Å². The van der Waals surface area contributed by atoms with Crippen molar-refractivity contribution in [2.24, 2.45) is 0 Å². The molecule has 1 N–H and O–H groups in total. The molecule has 0 saturated heterocycles. The number of likely N-dealkylation sites (N-methyl/N-ethyl adjacent to an activating group) is 1. The molecule has 0 fully saturated rings. The molecule has 0 aliphatic carbocycles. The summed E-state index contributed by atoms with van der Waals surface area (Å²) in [5, 5.41) is 3.03. The van der Waals surface area contributed by atoms with Gasteiger partial charge in [-0.2, -0.15) is 0 Å². The van der Waals surface area contributed by atoms with Crippen LogP contribution in [0.25, 0.3) is 0 Å². The zero-order valence-corrected chi connectivity index (χ0v) is 15.1.